The number of sulfonamides is 2. The van der Waals surface area contributed by atoms with Gasteiger partial charge in [-0.15, -0.1) is 0 Å². The predicted octanol–water partition coefficient (Wildman–Crippen LogP) is 3.90. The molecule has 11 heteroatoms. The van der Waals surface area contributed by atoms with Gasteiger partial charge in [0.15, 0.2) is 0 Å². The number of ether oxygens (including phenoxy) is 1. The van der Waals surface area contributed by atoms with E-state index >= 15 is 0 Å². The van der Waals surface area contributed by atoms with Crippen molar-refractivity contribution in [3.05, 3.63) is 71.8 Å². The second-order valence-corrected chi connectivity index (χ2v) is 12.0. The Labute approximate surface area is 211 Å². The lowest BCUT2D eigenvalue weighted by molar-refractivity contribution is -0.114. The van der Waals surface area contributed by atoms with Gasteiger partial charge in [0.05, 0.1) is 22.6 Å². The first-order valence-corrected chi connectivity index (χ1v) is 14.1. The molecule has 190 valence electrons. The molecule has 3 aromatic carbocycles. The van der Waals surface area contributed by atoms with Crippen LogP contribution in [-0.4, -0.2) is 36.4 Å². The summed E-state index contributed by atoms with van der Waals surface area (Å²) in [6, 6.07) is 15.6. The molecule has 1 aliphatic heterocycles. The maximum atomic E-state index is 13.3. The Morgan fingerprint density at radius 3 is 2.28 bits per heavy atom. The smallest absolute Gasteiger partial charge is 0.264 e. The fourth-order valence-corrected chi connectivity index (χ4v) is 7.01. The first kappa shape index (κ1) is 25.5. The van der Waals surface area contributed by atoms with Crippen LogP contribution >= 0.6 is 0 Å². The summed E-state index contributed by atoms with van der Waals surface area (Å²) in [7, 11) is -6.20. The van der Waals surface area contributed by atoms with E-state index in [0.717, 1.165) is 5.56 Å². The summed E-state index contributed by atoms with van der Waals surface area (Å²) >= 11 is 0. The first-order chi connectivity index (χ1) is 17.0. The quantitative estimate of drug-likeness (QED) is 0.479. The number of carbonyl (C=O) groups excluding carboxylic acids is 1. The van der Waals surface area contributed by atoms with Gasteiger partial charge in [-0.05, 0) is 91.6 Å². The van der Waals surface area contributed by atoms with E-state index in [2.05, 4.69) is 10.0 Å². The molecular weight excluding hydrogens is 502 g/mol. The van der Waals surface area contributed by atoms with E-state index in [1.54, 1.807) is 43.3 Å². The first-order valence-electron chi connectivity index (χ1n) is 11.2. The van der Waals surface area contributed by atoms with Crippen LogP contribution in [0.3, 0.4) is 0 Å². The minimum atomic E-state index is -3.91. The summed E-state index contributed by atoms with van der Waals surface area (Å²) in [6.07, 6.45) is 1.21. The molecule has 2 N–H and O–H groups in total. The van der Waals surface area contributed by atoms with Crippen molar-refractivity contribution in [1.29, 1.82) is 0 Å². The van der Waals surface area contributed by atoms with Crippen molar-refractivity contribution < 1.29 is 26.4 Å². The molecule has 0 bridgehead atoms. The Bertz CT molecular complexity index is 1520. The van der Waals surface area contributed by atoms with Crippen LogP contribution in [0, 0.1) is 6.92 Å². The summed E-state index contributed by atoms with van der Waals surface area (Å²) < 4.78 is 61.9. The van der Waals surface area contributed by atoms with Gasteiger partial charge >= 0.3 is 0 Å². The molecule has 0 aliphatic carbocycles. The van der Waals surface area contributed by atoms with Crippen molar-refractivity contribution >= 4 is 43.0 Å². The van der Waals surface area contributed by atoms with Crippen molar-refractivity contribution in [3.8, 4) is 5.75 Å². The number of benzene rings is 3. The number of aryl methyl sites for hydroxylation is 2. The highest BCUT2D eigenvalue weighted by molar-refractivity contribution is 7.93. The Hall–Kier alpha value is -3.57. The maximum Gasteiger partial charge on any atom is 0.264 e. The summed E-state index contributed by atoms with van der Waals surface area (Å²) in [4.78, 5) is 11.5. The maximum absolute atomic E-state index is 13.3. The van der Waals surface area contributed by atoms with Crippen molar-refractivity contribution in [2.75, 3.05) is 28.0 Å². The van der Waals surface area contributed by atoms with Gasteiger partial charge in [-0.2, -0.15) is 0 Å². The SMILES string of the molecule is COc1ccc(S(=O)(=O)N2CCCc3cc(NS(=O)(=O)c4ccc(NC(C)=O)cc4C)ccc32)cc1. The van der Waals surface area contributed by atoms with E-state index in [0.29, 0.717) is 47.8 Å². The molecule has 1 amide bonds. The zero-order valence-corrected chi connectivity index (χ0v) is 21.7. The zero-order chi connectivity index (χ0) is 26.1. The lowest BCUT2D eigenvalue weighted by Gasteiger charge is -2.31. The number of carbonyl (C=O) groups is 1. The molecule has 4 rings (SSSR count). The van der Waals surface area contributed by atoms with Gasteiger partial charge in [0.2, 0.25) is 5.91 Å². The van der Waals surface area contributed by atoms with E-state index < -0.39 is 20.0 Å². The third kappa shape index (κ3) is 5.17. The van der Waals surface area contributed by atoms with Crippen LogP contribution in [0.4, 0.5) is 17.1 Å². The third-order valence-corrected chi connectivity index (χ3v) is 9.21. The Balaban J connectivity index is 1.60. The second kappa shape index (κ2) is 9.82. The largest absolute Gasteiger partial charge is 0.497 e. The standard InChI is InChI=1S/C25H27N3O6S2/c1-17-15-20(26-18(2)29)7-13-25(17)35(30,31)27-21-6-12-24-19(16-21)5-4-14-28(24)36(32,33)23-10-8-22(34-3)9-11-23/h6-13,15-16,27H,4-5,14H2,1-3H3,(H,26,29). The molecule has 0 radical (unpaired) electrons. The summed E-state index contributed by atoms with van der Waals surface area (Å²) in [5.74, 6) is 0.310. The van der Waals surface area contributed by atoms with Crippen LogP contribution in [0.5, 0.6) is 5.75 Å². The number of fused-ring (bicyclic) bond motifs is 1. The molecule has 9 nitrogen and oxygen atoms in total. The van der Waals surface area contributed by atoms with E-state index in [-0.39, 0.29) is 15.7 Å². The van der Waals surface area contributed by atoms with Crippen molar-refractivity contribution in [1.82, 2.24) is 0 Å². The van der Waals surface area contributed by atoms with Crippen LogP contribution < -0.4 is 19.1 Å². The normalized spacial score (nSPS) is 13.6. The molecule has 0 spiro atoms. The third-order valence-electron chi connectivity index (χ3n) is 5.84. The number of rotatable bonds is 7. The fourth-order valence-electron chi connectivity index (χ4n) is 4.19. The van der Waals surface area contributed by atoms with Crippen LogP contribution in [-0.2, 0) is 31.3 Å². The Morgan fingerprint density at radius 2 is 1.64 bits per heavy atom. The van der Waals surface area contributed by atoms with E-state index in [1.807, 2.05) is 0 Å². The molecule has 0 unspecified atom stereocenters. The molecule has 0 fully saturated rings. The molecular formula is C25H27N3O6S2. The average molecular weight is 530 g/mol. The molecule has 0 atom stereocenters. The molecule has 3 aromatic rings. The molecule has 1 aliphatic rings. The number of anilines is 3. The molecule has 0 aromatic heterocycles. The van der Waals surface area contributed by atoms with Crippen molar-refractivity contribution in [2.24, 2.45) is 0 Å². The van der Waals surface area contributed by atoms with Gasteiger partial charge in [-0.1, -0.05) is 0 Å². The van der Waals surface area contributed by atoms with Crippen LogP contribution in [0.15, 0.2) is 70.5 Å². The number of nitrogens with zero attached hydrogens (tertiary/aromatic N) is 1. The van der Waals surface area contributed by atoms with E-state index in [9.17, 15) is 21.6 Å². The Kier molecular flexibility index (Phi) is 6.96. The summed E-state index contributed by atoms with van der Waals surface area (Å²) in [6.45, 7) is 3.35. The molecule has 1 heterocycles. The van der Waals surface area contributed by atoms with Gasteiger partial charge in [-0.25, -0.2) is 16.8 Å². The molecule has 0 saturated heterocycles. The minimum absolute atomic E-state index is 0.0815. The van der Waals surface area contributed by atoms with Crippen molar-refractivity contribution in [3.63, 3.8) is 0 Å². The van der Waals surface area contributed by atoms with Gasteiger partial charge in [0.25, 0.3) is 20.0 Å². The molecule has 0 saturated carbocycles. The highest BCUT2D eigenvalue weighted by Crippen LogP contribution is 2.35. The lowest BCUT2D eigenvalue weighted by Crippen LogP contribution is -2.35. The average Bonchev–Trinajstić information content (AvgIpc) is 2.82. The molecule has 36 heavy (non-hydrogen) atoms. The summed E-state index contributed by atoms with van der Waals surface area (Å²) in [5, 5.41) is 2.63. The van der Waals surface area contributed by atoms with Gasteiger partial charge in [0.1, 0.15) is 5.75 Å². The van der Waals surface area contributed by atoms with E-state index in [1.165, 1.54) is 42.6 Å². The number of amides is 1. The lowest BCUT2D eigenvalue weighted by atomic mass is 10.0. The van der Waals surface area contributed by atoms with Gasteiger partial charge in [0, 0.05) is 24.8 Å². The predicted molar refractivity (Wildman–Crippen MR) is 139 cm³/mol. The number of hydrogen-bond donors (Lipinski definition) is 2. The number of hydrogen-bond acceptors (Lipinski definition) is 6. The Morgan fingerprint density at radius 1 is 0.944 bits per heavy atom. The van der Waals surface area contributed by atoms with Crippen LogP contribution in [0.25, 0.3) is 0 Å². The summed E-state index contributed by atoms with van der Waals surface area (Å²) in [5.41, 5.74) is 2.57. The fraction of sp³-hybridized carbons (Fsp3) is 0.240. The van der Waals surface area contributed by atoms with Crippen LogP contribution in [0.1, 0.15) is 24.5 Å². The highest BCUT2D eigenvalue weighted by atomic mass is 32.2. The van der Waals surface area contributed by atoms with Crippen LogP contribution in [0.2, 0.25) is 0 Å². The number of methoxy groups -OCH3 is 1. The van der Waals surface area contributed by atoms with Gasteiger partial charge < -0.3 is 10.1 Å². The van der Waals surface area contributed by atoms with E-state index in [4.69, 9.17) is 4.74 Å². The van der Waals surface area contributed by atoms with Crippen molar-refractivity contribution in [2.45, 2.75) is 36.5 Å². The second-order valence-electron chi connectivity index (χ2n) is 8.47. The monoisotopic (exact) mass is 529 g/mol. The topological polar surface area (TPSA) is 122 Å². The zero-order valence-electron chi connectivity index (χ0n) is 20.1. The highest BCUT2D eigenvalue weighted by Gasteiger charge is 2.29. The van der Waals surface area contributed by atoms with Gasteiger partial charge in [-0.3, -0.25) is 13.8 Å². The number of nitrogens with one attached hydrogen (secondary N) is 2. The minimum Gasteiger partial charge on any atom is -0.497 e.